The highest BCUT2D eigenvalue weighted by atomic mass is 16.6. The average molecular weight is 380 g/mol. The summed E-state index contributed by atoms with van der Waals surface area (Å²) >= 11 is 0. The Morgan fingerprint density at radius 3 is 2.36 bits per heavy atom. The second-order valence-electron chi connectivity index (χ2n) is 7.28. The van der Waals surface area contributed by atoms with Gasteiger partial charge in [0.2, 0.25) is 5.91 Å². The smallest absolute Gasteiger partial charge is 0.253 e. The molecule has 28 heavy (non-hydrogen) atoms. The molecule has 0 spiro atoms. The molecular formula is C22H24N2O4. The maximum absolute atomic E-state index is 12.6. The van der Waals surface area contributed by atoms with Crippen molar-refractivity contribution in [3.8, 4) is 11.5 Å². The van der Waals surface area contributed by atoms with Crippen molar-refractivity contribution in [2.24, 2.45) is 5.92 Å². The van der Waals surface area contributed by atoms with Gasteiger partial charge in [0.1, 0.15) is 13.2 Å². The second-order valence-corrected chi connectivity index (χ2v) is 7.28. The Hall–Kier alpha value is -3.02. The summed E-state index contributed by atoms with van der Waals surface area (Å²) in [5, 5.41) is 2.97. The number of hydrogen-bond acceptors (Lipinski definition) is 4. The van der Waals surface area contributed by atoms with Crippen molar-refractivity contribution in [3.05, 3.63) is 53.6 Å². The first-order valence-corrected chi connectivity index (χ1v) is 9.66. The number of benzene rings is 2. The fraction of sp³-hybridized carbons (Fsp3) is 0.364. The molecule has 0 aromatic heterocycles. The van der Waals surface area contributed by atoms with E-state index < -0.39 is 0 Å². The molecule has 0 saturated carbocycles. The van der Waals surface area contributed by atoms with Gasteiger partial charge in [-0.1, -0.05) is 17.7 Å². The number of aryl methyl sites for hydroxylation is 1. The molecule has 6 nitrogen and oxygen atoms in total. The molecule has 0 bridgehead atoms. The summed E-state index contributed by atoms with van der Waals surface area (Å²) in [4.78, 5) is 27.1. The standard InChI is InChI=1S/C22H24N2O4/c1-15-2-4-17(5-3-15)22(26)24-10-8-16(9-11-24)21(25)23-18-6-7-19-20(14-18)28-13-12-27-19/h2-7,14,16H,8-13H2,1H3,(H,23,25). The maximum atomic E-state index is 12.6. The monoisotopic (exact) mass is 380 g/mol. The predicted molar refractivity (Wildman–Crippen MR) is 106 cm³/mol. The van der Waals surface area contributed by atoms with Crippen LogP contribution in [0.25, 0.3) is 0 Å². The van der Waals surface area contributed by atoms with Crippen LogP contribution >= 0.6 is 0 Å². The number of anilines is 1. The third kappa shape index (κ3) is 3.96. The van der Waals surface area contributed by atoms with E-state index in [-0.39, 0.29) is 17.7 Å². The largest absolute Gasteiger partial charge is 0.486 e. The third-order valence-corrected chi connectivity index (χ3v) is 5.26. The molecule has 1 N–H and O–H groups in total. The summed E-state index contributed by atoms with van der Waals surface area (Å²) in [5.74, 6) is 1.27. The van der Waals surface area contributed by atoms with E-state index in [9.17, 15) is 9.59 Å². The van der Waals surface area contributed by atoms with Gasteiger partial charge in [-0.3, -0.25) is 9.59 Å². The number of rotatable bonds is 3. The number of nitrogens with zero attached hydrogens (tertiary/aromatic N) is 1. The lowest BCUT2D eigenvalue weighted by atomic mass is 9.95. The molecule has 2 aliphatic heterocycles. The van der Waals surface area contributed by atoms with Crippen LogP contribution in [-0.2, 0) is 4.79 Å². The summed E-state index contributed by atoms with van der Waals surface area (Å²) in [6.45, 7) is 4.23. The van der Waals surface area contributed by atoms with Crippen LogP contribution in [0.5, 0.6) is 11.5 Å². The highest BCUT2D eigenvalue weighted by Crippen LogP contribution is 2.33. The number of likely N-dealkylation sites (tertiary alicyclic amines) is 1. The van der Waals surface area contributed by atoms with Crippen molar-refractivity contribution in [1.82, 2.24) is 4.90 Å². The van der Waals surface area contributed by atoms with E-state index in [0.29, 0.717) is 61.9 Å². The van der Waals surface area contributed by atoms with Crippen molar-refractivity contribution in [1.29, 1.82) is 0 Å². The molecule has 2 aliphatic rings. The van der Waals surface area contributed by atoms with Crippen LogP contribution in [0.1, 0.15) is 28.8 Å². The Morgan fingerprint density at radius 2 is 1.64 bits per heavy atom. The van der Waals surface area contributed by atoms with Gasteiger partial charge < -0.3 is 19.7 Å². The lowest BCUT2D eigenvalue weighted by Gasteiger charge is -2.31. The Labute approximate surface area is 164 Å². The van der Waals surface area contributed by atoms with Crippen molar-refractivity contribution >= 4 is 17.5 Å². The van der Waals surface area contributed by atoms with E-state index in [2.05, 4.69) is 5.32 Å². The number of amides is 2. The van der Waals surface area contributed by atoms with Gasteiger partial charge in [-0.15, -0.1) is 0 Å². The predicted octanol–water partition coefficient (Wildman–Crippen LogP) is 3.26. The second kappa shape index (κ2) is 7.92. The Kier molecular flexibility index (Phi) is 5.19. The molecule has 1 fully saturated rings. The number of ether oxygens (including phenoxy) is 2. The molecule has 2 aromatic rings. The van der Waals surface area contributed by atoms with Crippen molar-refractivity contribution in [2.75, 3.05) is 31.6 Å². The molecule has 6 heteroatoms. The molecule has 2 heterocycles. The number of fused-ring (bicyclic) bond motifs is 1. The van der Waals surface area contributed by atoms with Gasteiger partial charge in [0.05, 0.1) is 0 Å². The van der Waals surface area contributed by atoms with E-state index in [0.717, 1.165) is 5.56 Å². The molecule has 0 aliphatic carbocycles. The van der Waals surface area contributed by atoms with Crippen LogP contribution in [0.4, 0.5) is 5.69 Å². The molecule has 1 saturated heterocycles. The number of carbonyl (C=O) groups excluding carboxylic acids is 2. The minimum atomic E-state index is -0.102. The first-order valence-electron chi connectivity index (χ1n) is 9.66. The number of nitrogens with one attached hydrogen (secondary N) is 1. The van der Waals surface area contributed by atoms with Gasteiger partial charge in [0.15, 0.2) is 11.5 Å². The van der Waals surface area contributed by atoms with E-state index in [1.165, 1.54) is 0 Å². The highest BCUT2D eigenvalue weighted by Gasteiger charge is 2.28. The molecule has 4 rings (SSSR count). The molecule has 2 aromatic carbocycles. The lowest BCUT2D eigenvalue weighted by Crippen LogP contribution is -2.41. The van der Waals surface area contributed by atoms with Crippen molar-refractivity contribution in [2.45, 2.75) is 19.8 Å². The molecule has 146 valence electrons. The Balaban J connectivity index is 1.32. The van der Waals surface area contributed by atoms with E-state index >= 15 is 0 Å². The number of hydrogen-bond donors (Lipinski definition) is 1. The lowest BCUT2D eigenvalue weighted by molar-refractivity contribution is -0.121. The zero-order chi connectivity index (χ0) is 19.5. The maximum Gasteiger partial charge on any atom is 0.253 e. The zero-order valence-electron chi connectivity index (χ0n) is 15.9. The van der Waals surface area contributed by atoms with Crippen LogP contribution in [0.3, 0.4) is 0 Å². The van der Waals surface area contributed by atoms with Crippen molar-refractivity contribution < 1.29 is 19.1 Å². The Morgan fingerprint density at radius 1 is 0.964 bits per heavy atom. The van der Waals surface area contributed by atoms with Gasteiger partial charge in [0.25, 0.3) is 5.91 Å². The minimum absolute atomic E-state index is 0.0147. The topological polar surface area (TPSA) is 67.9 Å². The first-order chi connectivity index (χ1) is 13.6. The summed E-state index contributed by atoms with van der Waals surface area (Å²) in [6, 6.07) is 13.0. The molecule has 0 unspecified atom stereocenters. The fourth-order valence-electron chi connectivity index (χ4n) is 3.59. The van der Waals surface area contributed by atoms with Crippen LogP contribution in [-0.4, -0.2) is 43.0 Å². The zero-order valence-corrected chi connectivity index (χ0v) is 15.9. The van der Waals surface area contributed by atoms with E-state index in [1.54, 1.807) is 6.07 Å². The highest BCUT2D eigenvalue weighted by molar-refractivity contribution is 5.95. The van der Waals surface area contributed by atoms with Gasteiger partial charge in [-0.05, 0) is 44.0 Å². The molecular weight excluding hydrogens is 356 g/mol. The van der Waals surface area contributed by atoms with Gasteiger partial charge in [-0.25, -0.2) is 0 Å². The minimum Gasteiger partial charge on any atom is -0.486 e. The summed E-state index contributed by atoms with van der Waals surface area (Å²) in [5.41, 5.74) is 2.53. The van der Waals surface area contributed by atoms with Crippen molar-refractivity contribution in [3.63, 3.8) is 0 Å². The third-order valence-electron chi connectivity index (χ3n) is 5.26. The fourth-order valence-corrected chi connectivity index (χ4v) is 3.59. The SMILES string of the molecule is Cc1ccc(C(=O)N2CCC(C(=O)Nc3ccc4c(c3)OCCO4)CC2)cc1. The molecule has 0 radical (unpaired) electrons. The Bertz CT molecular complexity index is 871. The summed E-state index contributed by atoms with van der Waals surface area (Å²) in [6.07, 6.45) is 1.32. The number of carbonyl (C=O) groups is 2. The number of piperidine rings is 1. The normalized spacial score (nSPS) is 16.5. The van der Waals surface area contributed by atoms with Gasteiger partial charge in [0, 0.05) is 36.3 Å². The van der Waals surface area contributed by atoms with Crippen LogP contribution in [0.15, 0.2) is 42.5 Å². The van der Waals surface area contributed by atoms with Gasteiger partial charge >= 0.3 is 0 Å². The van der Waals surface area contributed by atoms with Gasteiger partial charge in [-0.2, -0.15) is 0 Å². The summed E-state index contributed by atoms with van der Waals surface area (Å²) in [7, 11) is 0. The molecule has 0 atom stereocenters. The quantitative estimate of drug-likeness (QED) is 0.888. The van der Waals surface area contributed by atoms with E-state index in [4.69, 9.17) is 9.47 Å². The summed E-state index contributed by atoms with van der Waals surface area (Å²) < 4.78 is 11.1. The average Bonchev–Trinajstić information content (AvgIpc) is 2.74. The van der Waals surface area contributed by atoms with Crippen LogP contribution in [0.2, 0.25) is 0 Å². The van der Waals surface area contributed by atoms with Crippen LogP contribution < -0.4 is 14.8 Å². The molecule has 2 amide bonds. The van der Waals surface area contributed by atoms with Crippen LogP contribution in [0, 0.1) is 12.8 Å². The first kappa shape index (κ1) is 18.3. The van der Waals surface area contributed by atoms with E-state index in [1.807, 2.05) is 48.2 Å².